The quantitative estimate of drug-likeness (QED) is 0.844. The van der Waals surface area contributed by atoms with Crippen molar-refractivity contribution < 1.29 is 9.90 Å². The molecular formula is C17H14N4O2. The topological polar surface area (TPSA) is 90.9 Å². The number of aromatic hydroxyl groups is 1. The fourth-order valence-electron chi connectivity index (χ4n) is 3.34. The number of allylic oxidation sites excluding steroid dienone is 2. The SMILES string of the molecule is N#Cc1cnn2c1NC1=C(C(=O)CCC1)C2c1cccc(O)c1. The Morgan fingerprint density at radius 3 is 3.04 bits per heavy atom. The number of rotatable bonds is 1. The molecule has 0 bridgehead atoms. The maximum absolute atomic E-state index is 12.5. The number of nitriles is 1. The van der Waals surface area contributed by atoms with Crippen LogP contribution in [0.25, 0.3) is 0 Å². The van der Waals surface area contributed by atoms with E-state index >= 15 is 0 Å². The fourth-order valence-corrected chi connectivity index (χ4v) is 3.34. The maximum atomic E-state index is 12.5. The van der Waals surface area contributed by atoms with Gasteiger partial charge < -0.3 is 10.4 Å². The summed E-state index contributed by atoms with van der Waals surface area (Å²) in [7, 11) is 0. The molecule has 6 heteroatoms. The number of phenolic OH excluding ortho intramolecular Hbond substituents is 1. The molecule has 1 unspecified atom stereocenters. The van der Waals surface area contributed by atoms with Gasteiger partial charge in [-0.05, 0) is 30.5 Å². The van der Waals surface area contributed by atoms with Gasteiger partial charge >= 0.3 is 0 Å². The molecule has 0 amide bonds. The van der Waals surface area contributed by atoms with E-state index in [1.165, 1.54) is 6.20 Å². The second-order valence-electron chi connectivity index (χ2n) is 5.75. The van der Waals surface area contributed by atoms with Gasteiger partial charge in [-0.2, -0.15) is 10.4 Å². The Labute approximate surface area is 132 Å². The molecule has 2 heterocycles. The number of benzene rings is 1. The second-order valence-corrected chi connectivity index (χ2v) is 5.75. The van der Waals surface area contributed by atoms with Gasteiger partial charge in [0.1, 0.15) is 29.2 Å². The highest BCUT2D eigenvalue weighted by atomic mass is 16.3. The number of Topliss-reactive ketones (excluding diaryl/α,β-unsaturated/α-hetero) is 1. The molecule has 1 atom stereocenters. The van der Waals surface area contributed by atoms with Crippen molar-refractivity contribution in [3.63, 3.8) is 0 Å². The molecule has 1 aliphatic heterocycles. The third-order valence-corrected chi connectivity index (χ3v) is 4.35. The Kier molecular flexibility index (Phi) is 2.95. The number of nitrogens with zero attached hydrogens (tertiary/aromatic N) is 3. The standard InChI is InChI=1S/C17H14N4O2/c18-8-11-9-19-21-16(10-3-1-4-12(22)7-10)15-13(20-17(11)21)5-2-6-14(15)23/h1,3-4,7,9,16,20,22H,2,5-6H2. The van der Waals surface area contributed by atoms with E-state index < -0.39 is 6.04 Å². The van der Waals surface area contributed by atoms with Crippen LogP contribution < -0.4 is 5.32 Å². The van der Waals surface area contributed by atoms with Gasteiger partial charge in [0.15, 0.2) is 5.78 Å². The first-order valence-electron chi connectivity index (χ1n) is 7.49. The van der Waals surface area contributed by atoms with Crippen LogP contribution in [0.1, 0.15) is 36.4 Å². The zero-order chi connectivity index (χ0) is 16.0. The summed E-state index contributed by atoms with van der Waals surface area (Å²) in [5.41, 5.74) is 2.77. The molecule has 0 saturated carbocycles. The van der Waals surface area contributed by atoms with E-state index in [1.807, 2.05) is 6.07 Å². The first-order chi connectivity index (χ1) is 11.2. The van der Waals surface area contributed by atoms with Crippen molar-refractivity contribution in [1.29, 1.82) is 5.26 Å². The molecule has 0 radical (unpaired) electrons. The van der Waals surface area contributed by atoms with Crippen LogP contribution >= 0.6 is 0 Å². The normalized spacial score (nSPS) is 19.6. The van der Waals surface area contributed by atoms with Gasteiger partial charge in [0.25, 0.3) is 0 Å². The van der Waals surface area contributed by atoms with Crippen molar-refractivity contribution in [2.24, 2.45) is 0 Å². The first kappa shape index (κ1) is 13.6. The third kappa shape index (κ3) is 2.01. The predicted octanol–water partition coefficient (Wildman–Crippen LogP) is 2.48. The molecule has 23 heavy (non-hydrogen) atoms. The van der Waals surface area contributed by atoms with Gasteiger partial charge in [0, 0.05) is 17.7 Å². The van der Waals surface area contributed by atoms with Crippen LogP contribution in [0, 0.1) is 11.3 Å². The molecule has 1 aliphatic carbocycles. The minimum Gasteiger partial charge on any atom is -0.508 e. The number of ketones is 1. The van der Waals surface area contributed by atoms with Gasteiger partial charge in [-0.25, -0.2) is 4.68 Å². The van der Waals surface area contributed by atoms with E-state index in [4.69, 9.17) is 0 Å². The van der Waals surface area contributed by atoms with Crippen molar-refractivity contribution in [2.45, 2.75) is 25.3 Å². The number of aromatic nitrogens is 2. The number of nitrogens with one attached hydrogen (secondary N) is 1. The number of carbonyl (C=O) groups excluding carboxylic acids is 1. The van der Waals surface area contributed by atoms with Crippen LogP contribution in [-0.4, -0.2) is 20.7 Å². The largest absolute Gasteiger partial charge is 0.508 e. The molecular weight excluding hydrogens is 292 g/mol. The van der Waals surface area contributed by atoms with Crippen LogP contribution in [0.3, 0.4) is 0 Å². The van der Waals surface area contributed by atoms with Gasteiger partial charge in [-0.1, -0.05) is 12.1 Å². The summed E-state index contributed by atoms with van der Waals surface area (Å²) in [5.74, 6) is 0.835. The highest BCUT2D eigenvalue weighted by Crippen LogP contribution is 2.41. The molecule has 2 aromatic rings. The zero-order valence-electron chi connectivity index (χ0n) is 12.3. The smallest absolute Gasteiger partial charge is 0.163 e. The van der Waals surface area contributed by atoms with Gasteiger partial charge in [-0.3, -0.25) is 4.79 Å². The summed E-state index contributed by atoms with van der Waals surface area (Å²) in [4.78, 5) is 12.5. The van der Waals surface area contributed by atoms with Gasteiger partial charge in [0.05, 0.1) is 6.20 Å². The molecule has 1 aromatic heterocycles. The number of fused-ring (bicyclic) bond motifs is 1. The van der Waals surface area contributed by atoms with E-state index in [-0.39, 0.29) is 11.5 Å². The molecule has 114 valence electrons. The fraction of sp³-hybridized carbons (Fsp3) is 0.235. The summed E-state index contributed by atoms with van der Waals surface area (Å²) >= 11 is 0. The number of phenols is 1. The monoisotopic (exact) mass is 306 g/mol. The lowest BCUT2D eigenvalue weighted by Crippen LogP contribution is -2.31. The van der Waals surface area contributed by atoms with E-state index in [9.17, 15) is 15.2 Å². The van der Waals surface area contributed by atoms with E-state index in [2.05, 4.69) is 16.5 Å². The number of hydrogen-bond acceptors (Lipinski definition) is 5. The van der Waals surface area contributed by atoms with Crippen molar-refractivity contribution in [3.05, 3.63) is 52.9 Å². The molecule has 2 N–H and O–H groups in total. The molecule has 2 aliphatic rings. The van der Waals surface area contributed by atoms with E-state index in [1.54, 1.807) is 22.9 Å². The summed E-state index contributed by atoms with van der Waals surface area (Å²) < 4.78 is 1.66. The molecule has 6 nitrogen and oxygen atoms in total. The lowest BCUT2D eigenvalue weighted by Gasteiger charge is -2.33. The van der Waals surface area contributed by atoms with Crippen molar-refractivity contribution in [1.82, 2.24) is 9.78 Å². The van der Waals surface area contributed by atoms with Gasteiger partial charge in [0.2, 0.25) is 0 Å². The van der Waals surface area contributed by atoms with Crippen LogP contribution in [0.2, 0.25) is 0 Å². The second kappa shape index (κ2) is 4.99. The van der Waals surface area contributed by atoms with E-state index in [0.717, 1.165) is 24.1 Å². The first-order valence-corrected chi connectivity index (χ1v) is 7.49. The summed E-state index contributed by atoms with van der Waals surface area (Å²) in [6.45, 7) is 0. The number of anilines is 1. The lowest BCUT2D eigenvalue weighted by molar-refractivity contribution is -0.116. The number of hydrogen-bond donors (Lipinski definition) is 2. The Morgan fingerprint density at radius 2 is 2.26 bits per heavy atom. The highest BCUT2D eigenvalue weighted by Gasteiger charge is 2.36. The molecule has 0 saturated heterocycles. The van der Waals surface area contributed by atoms with Crippen LogP contribution in [0.4, 0.5) is 5.82 Å². The Hall–Kier alpha value is -3.07. The lowest BCUT2D eigenvalue weighted by atomic mass is 9.85. The average Bonchev–Trinajstić information content (AvgIpc) is 2.95. The van der Waals surface area contributed by atoms with Crippen molar-refractivity contribution >= 4 is 11.6 Å². The van der Waals surface area contributed by atoms with Crippen LogP contribution in [0.15, 0.2) is 41.7 Å². The Bertz CT molecular complexity index is 888. The van der Waals surface area contributed by atoms with Crippen LogP contribution in [0.5, 0.6) is 5.75 Å². The summed E-state index contributed by atoms with van der Waals surface area (Å²) in [6, 6.07) is 8.54. The Morgan fingerprint density at radius 1 is 1.39 bits per heavy atom. The molecule has 0 spiro atoms. The Balaban J connectivity index is 1.96. The minimum absolute atomic E-state index is 0.0896. The minimum atomic E-state index is -0.414. The summed E-state index contributed by atoms with van der Waals surface area (Å²) in [6.07, 6.45) is 3.58. The van der Waals surface area contributed by atoms with Crippen LogP contribution in [-0.2, 0) is 4.79 Å². The van der Waals surface area contributed by atoms with Crippen molar-refractivity contribution in [2.75, 3.05) is 5.32 Å². The third-order valence-electron chi connectivity index (χ3n) is 4.35. The highest BCUT2D eigenvalue weighted by molar-refractivity contribution is 5.99. The summed E-state index contributed by atoms with van der Waals surface area (Å²) in [5, 5.41) is 26.6. The van der Waals surface area contributed by atoms with Gasteiger partial charge in [-0.15, -0.1) is 0 Å². The molecule has 1 aromatic carbocycles. The molecule has 4 rings (SSSR count). The van der Waals surface area contributed by atoms with E-state index in [0.29, 0.717) is 23.4 Å². The average molecular weight is 306 g/mol. The predicted molar refractivity (Wildman–Crippen MR) is 82.7 cm³/mol. The van der Waals surface area contributed by atoms with Crippen molar-refractivity contribution in [3.8, 4) is 11.8 Å². The molecule has 0 fully saturated rings. The maximum Gasteiger partial charge on any atom is 0.163 e. The zero-order valence-corrected chi connectivity index (χ0v) is 12.3. The number of carbonyl (C=O) groups is 1.